The van der Waals surface area contributed by atoms with E-state index in [-0.39, 0.29) is 5.91 Å². The zero-order chi connectivity index (χ0) is 18.6. The Balaban J connectivity index is 1.76. The summed E-state index contributed by atoms with van der Waals surface area (Å²) in [4.78, 5) is 25.7. The van der Waals surface area contributed by atoms with Crippen LogP contribution >= 0.6 is 45.2 Å². The molecule has 9 nitrogen and oxygen atoms in total. The first kappa shape index (κ1) is 18.7. The van der Waals surface area contributed by atoms with Crippen molar-refractivity contribution in [2.75, 3.05) is 6.54 Å². The molecule has 2 fully saturated rings. The Morgan fingerprint density at radius 2 is 2.04 bits per heavy atom. The van der Waals surface area contributed by atoms with E-state index in [0.717, 1.165) is 3.70 Å². The number of halogens is 2. The van der Waals surface area contributed by atoms with Crippen LogP contribution in [0.3, 0.4) is 0 Å². The maximum Gasteiger partial charge on any atom is 0.252 e. The lowest BCUT2D eigenvalue weighted by atomic mass is 10.1. The molecule has 140 valence electrons. The molecule has 2 saturated heterocycles. The highest BCUT2D eigenvalue weighted by atomic mass is 127. The van der Waals surface area contributed by atoms with Gasteiger partial charge in [-0.05, 0) is 43.4 Å². The zero-order valence-electron chi connectivity index (χ0n) is 14.3. The first-order valence-corrected chi connectivity index (χ1v) is 10.3. The van der Waals surface area contributed by atoms with Gasteiger partial charge in [0.05, 0.1) is 6.33 Å². The average molecular weight is 585 g/mol. The van der Waals surface area contributed by atoms with Crippen LogP contribution in [0.25, 0.3) is 11.2 Å². The fourth-order valence-electron chi connectivity index (χ4n) is 3.33. The number of likely N-dealkylation sites (N-methyl/N-ethyl adjacent to an activating group) is 1. The maximum atomic E-state index is 12.5. The van der Waals surface area contributed by atoms with Gasteiger partial charge in [-0.3, -0.25) is 9.36 Å². The van der Waals surface area contributed by atoms with Gasteiger partial charge in [0.1, 0.15) is 21.4 Å². The second-order valence-corrected chi connectivity index (χ2v) is 8.50. The smallest absolute Gasteiger partial charge is 0.252 e. The summed E-state index contributed by atoms with van der Waals surface area (Å²) in [7, 11) is 0. The molecule has 0 saturated carbocycles. The lowest BCUT2D eigenvalue weighted by molar-refractivity contribution is -0.197. The molecule has 1 N–H and O–H groups in total. The third kappa shape index (κ3) is 3.10. The van der Waals surface area contributed by atoms with E-state index in [1.165, 1.54) is 0 Å². The third-order valence-electron chi connectivity index (χ3n) is 4.26. The van der Waals surface area contributed by atoms with Crippen molar-refractivity contribution in [1.82, 2.24) is 24.8 Å². The van der Waals surface area contributed by atoms with Crippen LogP contribution in [0.15, 0.2) is 6.33 Å². The van der Waals surface area contributed by atoms with E-state index >= 15 is 0 Å². The molecule has 11 heteroatoms. The predicted octanol–water partition coefficient (Wildman–Crippen LogP) is 1.59. The highest BCUT2D eigenvalue weighted by Crippen LogP contribution is 2.43. The maximum absolute atomic E-state index is 12.5. The van der Waals surface area contributed by atoms with Crippen molar-refractivity contribution in [3.8, 4) is 0 Å². The van der Waals surface area contributed by atoms with Crippen LogP contribution in [0, 0.1) is 7.53 Å². The van der Waals surface area contributed by atoms with Gasteiger partial charge in [0.15, 0.2) is 27.6 Å². The van der Waals surface area contributed by atoms with Crippen molar-refractivity contribution >= 4 is 62.3 Å². The SMILES string of the molecule is CCNC(=O)[C@H]1O[C@@H](n2cnc3c(I)nc(I)nc32)[C@@H]2OC(C)(C)O[C@@H]21. The Morgan fingerprint density at radius 3 is 2.77 bits per heavy atom. The molecule has 26 heavy (non-hydrogen) atoms. The summed E-state index contributed by atoms with van der Waals surface area (Å²) in [6, 6.07) is 0. The number of imidazole rings is 1. The van der Waals surface area contributed by atoms with Crippen molar-refractivity contribution in [3.63, 3.8) is 0 Å². The van der Waals surface area contributed by atoms with E-state index < -0.39 is 30.3 Å². The Hall–Kier alpha value is -0.640. The summed E-state index contributed by atoms with van der Waals surface area (Å²) in [6.07, 6.45) is -0.627. The van der Waals surface area contributed by atoms with E-state index in [1.54, 1.807) is 10.9 Å². The van der Waals surface area contributed by atoms with Gasteiger partial charge in [-0.25, -0.2) is 15.0 Å². The average Bonchev–Trinajstić information content (AvgIpc) is 3.18. The molecule has 1 amide bonds. The lowest BCUT2D eigenvalue weighted by Crippen LogP contribution is -2.42. The number of ether oxygens (including phenoxy) is 3. The summed E-state index contributed by atoms with van der Waals surface area (Å²) in [5.41, 5.74) is 1.33. The van der Waals surface area contributed by atoms with Crippen molar-refractivity contribution in [1.29, 1.82) is 0 Å². The molecular formula is C15H17I2N5O4. The largest absolute Gasteiger partial charge is 0.354 e. The van der Waals surface area contributed by atoms with Gasteiger partial charge in [-0.2, -0.15) is 0 Å². The number of nitrogens with zero attached hydrogens (tertiary/aromatic N) is 4. The second kappa shape index (κ2) is 6.76. The molecule has 2 aromatic rings. The van der Waals surface area contributed by atoms with E-state index in [2.05, 4.69) is 65.5 Å². The number of amides is 1. The number of fused-ring (bicyclic) bond motifs is 2. The van der Waals surface area contributed by atoms with E-state index in [9.17, 15) is 4.79 Å². The number of hydrogen-bond donors (Lipinski definition) is 1. The normalized spacial score (nSPS) is 29.9. The predicted molar refractivity (Wildman–Crippen MR) is 107 cm³/mol. The highest BCUT2D eigenvalue weighted by molar-refractivity contribution is 14.1. The zero-order valence-corrected chi connectivity index (χ0v) is 18.6. The number of carbonyl (C=O) groups is 1. The van der Waals surface area contributed by atoms with Crippen LogP contribution in [0.1, 0.15) is 27.0 Å². The lowest BCUT2D eigenvalue weighted by Gasteiger charge is -2.24. The van der Waals surface area contributed by atoms with E-state index in [1.807, 2.05) is 20.8 Å². The first-order chi connectivity index (χ1) is 12.3. The van der Waals surface area contributed by atoms with Crippen LogP contribution in [0.4, 0.5) is 0 Å². The summed E-state index contributed by atoms with van der Waals surface area (Å²) in [5, 5.41) is 2.80. The number of hydrogen-bond acceptors (Lipinski definition) is 7. The standard InChI is InChI=1S/C15H17I2N5O4/c1-4-18-12(23)8-7-9(26-15(2,3)25-7)13(24-8)22-5-19-6-10(16)20-14(17)21-11(6)22/h5,7-9,13H,4H2,1-3H3,(H,18,23)/t7-,8+,9-,13-/m1/s1. The quantitative estimate of drug-likeness (QED) is 0.332. The molecule has 0 radical (unpaired) electrons. The minimum absolute atomic E-state index is 0.213. The van der Waals surface area contributed by atoms with Gasteiger partial charge in [0.2, 0.25) is 0 Å². The van der Waals surface area contributed by atoms with Crippen molar-refractivity contribution in [2.45, 2.75) is 51.1 Å². The van der Waals surface area contributed by atoms with Crippen LogP contribution in [-0.2, 0) is 19.0 Å². The molecule has 4 heterocycles. The molecule has 0 spiro atoms. The molecule has 0 unspecified atom stereocenters. The molecule has 0 aromatic carbocycles. The molecule has 2 aromatic heterocycles. The minimum atomic E-state index is -0.795. The van der Waals surface area contributed by atoms with Gasteiger partial charge < -0.3 is 19.5 Å². The summed E-state index contributed by atoms with van der Waals surface area (Å²) in [5.74, 6) is -1.01. The van der Waals surface area contributed by atoms with Crippen molar-refractivity contribution < 1.29 is 19.0 Å². The van der Waals surface area contributed by atoms with Crippen molar-refractivity contribution in [3.05, 3.63) is 13.9 Å². The number of aromatic nitrogens is 4. The highest BCUT2D eigenvalue weighted by Gasteiger charge is 2.58. The number of carbonyl (C=O) groups excluding carboxylic acids is 1. The number of rotatable bonds is 3. The van der Waals surface area contributed by atoms with Gasteiger partial charge >= 0.3 is 0 Å². The van der Waals surface area contributed by atoms with Crippen LogP contribution in [0.2, 0.25) is 0 Å². The molecule has 4 rings (SSSR count). The second-order valence-electron chi connectivity index (χ2n) is 6.51. The molecule has 0 aliphatic carbocycles. The van der Waals surface area contributed by atoms with Crippen LogP contribution in [0.5, 0.6) is 0 Å². The fraction of sp³-hybridized carbons (Fsp3) is 0.600. The molecule has 0 bridgehead atoms. The van der Waals surface area contributed by atoms with Crippen molar-refractivity contribution in [2.24, 2.45) is 0 Å². The van der Waals surface area contributed by atoms with E-state index in [4.69, 9.17) is 14.2 Å². The Bertz CT molecular complexity index is 873. The van der Waals surface area contributed by atoms with Crippen LogP contribution < -0.4 is 5.32 Å². The first-order valence-electron chi connectivity index (χ1n) is 8.15. The minimum Gasteiger partial charge on any atom is -0.354 e. The van der Waals surface area contributed by atoms with Gasteiger partial charge in [0, 0.05) is 29.1 Å². The van der Waals surface area contributed by atoms with E-state index in [0.29, 0.717) is 21.5 Å². The van der Waals surface area contributed by atoms with Gasteiger partial charge in [0.25, 0.3) is 5.91 Å². The Morgan fingerprint density at radius 1 is 1.31 bits per heavy atom. The molecule has 2 aliphatic heterocycles. The Labute approximate surface area is 176 Å². The Kier molecular flexibility index (Phi) is 4.86. The molecule has 4 atom stereocenters. The number of nitrogens with one attached hydrogen (secondary N) is 1. The monoisotopic (exact) mass is 585 g/mol. The van der Waals surface area contributed by atoms with Crippen LogP contribution in [-0.4, -0.2) is 56.1 Å². The van der Waals surface area contributed by atoms with Gasteiger partial charge in [-0.1, -0.05) is 0 Å². The topological polar surface area (TPSA) is 100 Å². The summed E-state index contributed by atoms with van der Waals surface area (Å²) in [6.45, 7) is 6.04. The fourth-order valence-corrected chi connectivity index (χ4v) is 4.87. The molecule has 2 aliphatic rings. The summed E-state index contributed by atoms with van der Waals surface area (Å²) < 4.78 is 21.2. The third-order valence-corrected chi connectivity index (χ3v) is 5.50. The summed E-state index contributed by atoms with van der Waals surface area (Å²) >= 11 is 4.19. The van der Waals surface area contributed by atoms with Gasteiger partial charge in [-0.15, -0.1) is 0 Å². The molecular weight excluding hydrogens is 568 g/mol.